The van der Waals surface area contributed by atoms with Gasteiger partial charge in [-0.2, -0.15) is 0 Å². The van der Waals surface area contributed by atoms with Gasteiger partial charge >= 0.3 is 0 Å². The van der Waals surface area contributed by atoms with E-state index < -0.39 is 0 Å². The molecule has 1 unspecified atom stereocenters. The Balaban J connectivity index is 1.98. The zero-order valence-corrected chi connectivity index (χ0v) is 13.6. The molecule has 0 fully saturated rings. The minimum absolute atomic E-state index is 0.315. The van der Waals surface area contributed by atoms with Crippen LogP contribution in [0.15, 0.2) is 85.2 Å². The lowest BCUT2D eigenvalue weighted by atomic mass is 9.85. The first-order valence-electron chi connectivity index (χ1n) is 8.00. The maximum atomic E-state index is 4.12. The summed E-state index contributed by atoms with van der Waals surface area (Å²) in [4.78, 5) is 6.45. The van der Waals surface area contributed by atoms with Gasteiger partial charge in [-0.1, -0.05) is 60.7 Å². The number of pyridine rings is 1. The van der Waals surface area contributed by atoms with Crippen LogP contribution < -0.4 is 4.90 Å². The lowest BCUT2D eigenvalue weighted by Gasteiger charge is -2.34. The molecule has 0 bridgehead atoms. The van der Waals surface area contributed by atoms with Crippen LogP contribution in [0.5, 0.6) is 0 Å². The highest BCUT2D eigenvalue weighted by Gasteiger charge is 2.24. The van der Waals surface area contributed by atoms with Gasteiger partial charge in [0.25, 0.3) is 0 Å². The second kappa shape index (κ2) is 7.10. The number of likely N-dealkylation sites (N-methyl/N-ethyl adjacent to an activating group) is 1. The van der Waals surface area contributed by atoms with Gasteiger partial charge in [-0.3, -0.25) is 4.98 Å². The van der Waals surface area contributed by atoms with Gasteiger partial charge in [0, 0.05) is 37.1 Å². The van der Waals surface area contributed by atoms with E-state index in [1.165, 1.54) is 16.8 Å². The molecule has 0 spiro atoms. The van der Waals surface area contributed by atoms with Gasteiger partial charge in [0.15, 0.2) is 0 Å². The molecule has 1 heterocycles. The van der Waals surface area contributed by atoms with Crippen LogP contribution >= 0.6 is 0 Å². The van der Waals surface area contributed by atoms with E-state index in [9.17, 15) is 0 Å². The van der Waals surface area contributed by atoms with Crippen LogP contribution in [-0.4, -0.2) is 18.1 Å². The molecule has 2 heteroatoms. The third kappa shape index (κ3) is 3.42. The highest BCUT2D eigenvalue weighted by Crippen LogP contribution is 2.32. The van der Waals surface area contributed by atoms with Crippen LogP contribution in [0.3, 0.4) is 0 Å². The minimum atomic E-state index is 0.315. The Hall–Kier alpha value is -2.61. The van der Waals surface area contributed by atoms with Crippen molar-refractivity contribution < 1.29 is 0 Å². The van der Waals surface area contributed by atoms with Crippen LogP contribution in [0.1, 0.15) is 24.0 Å². The van der Waals surface area contributed by atoms with Crippen molar-refractivity contribution in [1.82, 2.24) is 4.98 Å². The molecular formula is C21H22N2. The molecule has 2 nitrogen and oxygen atoms in total. The van der Waals surface area contributed by atoms with Gasteiger partial charge in [-0.25, -0.2) is 0 Å². The molecule has 0 N–H and O–H groups in total. The smallest absolute Gasteiger partial charge is 0.0397 e. The molecule has 0 radical (unpaired) electrons. The summed E-state index contributed by atoms with van der Waals surface area (Å²) in [5.74, 6) is 0.315. The number of rotatable bonds is 5. The van der Waals surface area contributed by atoms with Crippen LogP contribution in [0.4, 0.5) is 5.69 Å². The van der Waals surface area contributed by atoms with Crippen molar-refractivity contribution in [3.8, 4) is 0 Å². The quantitative estimate of drug-likeness (QED) is 0.677. The van der Waals surface area contributed by atoms with Crippen molar-refractivity contribution in [2.45, 2.75) is 18.9 Å². The summed E-state index contributed by atoms with van der Waals surface area (Å²) >= 11 is 0. The van der Waals surface area contributed by atoms with E-state index in [1.807, 2.05) is 12.4 Å². The highest BCUT2D eigenvalue weighted by atomic mass is 15.1. The second-order valence-electron chi connectivity index (χ2n) is 5.86. The number of anilines is 1. The molecule has 0 aliphatic carbocycles. The molecule has 116 valence electrons. The fraction of sp³-hybridized carbons (Fsp3) is 0.190. The molecule has 3 rings (SSSR count). The second-order valence-corrected chi connectivity index (χ2v) is 5.86. The molecular weight excluding hydrogens is 280 g/mol. The van der Waals surface area contributed by atoms with E-state index in [1.54, 1.807) is 0 Å². The maximum Gasteiger partial charge on any atom is 0.0397 e. The van der Waals surface area contributed by atoms with Gasteiger partial charge in [-0.15, -0.1) is 0 Å². The molecule has 0 aliphatic heterocycles. The summed E-state index contributed by atoms with van der Waals surface area (Å²) < 4.78 is 0. The zero-order chi connectivity index (χ0) is 16.1. The molecule has 0 saturated heterocycles. The summed E-state index contributed by atoms with van der Waals surface area (Å²) in [6.07, 6.45) is 3.69. The third-order valence-corrected chi connectivity index (χ3v) is 4.48. The van der Waals surface area contributed by atoms with Gasteiger partial charge in [0.2, 0.25) is 0 Å². The van der Waals surface area contributed by atoms with E-state index >= 15 is 0 Å². The molecule has 2 aromatic carbocycles. The standard InChI is InChI=1S/C21H22N2/c1-17(23(2)20-13-15-22-16-14-20)21(18-9-5-3-6-10-18)19-11-7-4-8-12-19/h3-17,21H,1-2H3. The summed E-state index contributed by atoms with van der Waals surface area (Å²) in [7, 11) is 2.15. The van der Waals surface area contributed by atoms with Gasteiger partial charge in [0.1, 0.15) is 0 Å². The largest absolute Gasteiger partial charge is 0.371 e. The normalized spacial score (nSPS) is 12.1. The van der Waals surface area contributed by atoms with Crippen LogP contribution in [0.2, 0.25) is 0 Å². The Bertz CT molecular complexity index is 671. The first-order chi connectivity index (χ1) is 11.3. The van der Waals surface area contributed by atoms with Crippen LogP contribution in [-0.2, 0) is 0 Å². The van der Waals surface area contributed by atoms with E-state index in [0.29, 0.717) is 12.0 Å². The topological polar surface area (TPSA) is 16.1 Å². The SMILES string of the molecule is CC(C(c1ccccc1)c1ccccc1)N(C)c1ccncc1. The lowest BCUT2D eigenvalue weighted by molar-refractivity contribution is 0.607. The number of hydrogen-bond donors (Lipinski definition) is 0. The molecule has 23 heavy (non-hydrogen) atoms. The average molecular weight is 302 g/mol. The van der Waals surface area contributed by atoms with E-state index in [4.69, 9.17) is 0 Å². The summed E-state index contributed by atoms with van der Waals surface area (Å²) in [6.45, 7) is 2.28. The Morgan fingerprint density at radius 1 is 0.739 bits per heavy atom. The molecule has 0 saturated carbocycles. The molecule has 0 amide bonds. The van der Waals surface area contributed by atoms with Crippen molar-refractivity contribution in [2.75, 3.05) is 11.9 Å². The van der Waals surface area contributed by atoms with Gasteiger partial charge < -0.3 is 4.90 Å². The zero-order valence-electron chi connectivity index (χ0n) is 13.6. The number of nitrogens with zero attached hydrogens (tertiary/aromatic N) is 2. The number of benzene rings is 2. The summed E-state index contributed by atoms with van der Waals surface area (Å²) in [6, 6.07) is 25.9. The Labute approximate surface area is 138 Å². The van der Waals surface area contributed by atoms with Crippen molar-refractivity contribution >= 4 is 5.69 Å². The van der Waals surface area contributed by atoms with Crippen molar-refractivity contribution in [1.29, 1.82) is 0 Å². The predicted octanol–water partition coefficient (Wildman–Crippen LogP) is 4.74. The van der Waals surface area contributed by atoms with E-state index in [2.05, 4.69) is 96.7 Å². The van der Waals surface area contributed by atoms with Gasteiger partial charge in [0.05, 0.1) is 0 Å². The Morgan fingerprint density at radius 2 is 1.22 bits per heavy atom. The molecule has 1 atom stereocenters. The van der Waals surface area contributed by atoms with Crippen molar-refractivity contribution in [2.24, 2.45) is 0 Å². The highest BCUT2D eigenvalue weighted by molar-refractivity contribution is 5.47. The molecule has 1 aromatic heterocycles. The molecule has 3 aromatic rings. The molecule has 0 aliphatic rings. The first kappa shape index (κ1) is 15.3. The van der Waals surface area contributed by atoms with Gasteiger partial charge in [-0.05, 0) is 30.2 Å². The first-order valence-corrected chi connectivity index (χ1v) is 8.00. The third-order valence-electron chi connectivity index (χ3n) is 4.48. The van der Waals surface area contributed by atoms with E-state index in [-0.39, 0.29) is 0 Å². The summed E-state index contributed by atoms with van der Waals surface area (Å²) in [5.41, 5.74) is 3.86. The Morgan fingerprint density at radius 3 is 1.70 bits per heavy atom. The number of aromatic nitrogens is 1. The Kier molecular flexibility index (Phi) is 4.72. The monoisotopic (exact) mass is 302 g/mol. The number of hydrogen-bond acceptors (Lipinski definition) is 2. The lowest BCUT2D eigenvalue weighted by Crippen LogP contribution is -2.35. The fourth-order valence-electron chi connectivity index (χ4n) is 3.11. The average Bonchev–Trinajstić information content (AvgIpc) is 2.64. The summed E-state index contributed by atoms with van der Waals surface area (Å²) in [5, 5.41) is 0. The maximum absolute atomic E-state index is 4.12. The van der Waals surface area contributed by atoms with Crippen LogP contribution in [0.25, 0.3) is 0 Å². The van der Waals surface area contributed by atoms with Crippen LogP contribution in [0, 0.1) is 0 Å². The fourth-order valence-corrected chi connectivity index (χ4v) is 3.11. The predicted molar refractivity (Wildman–Crippen MR) is 96.8 cm³/mol. The van der Waals surface area contributed by atoms with Crippen molar-refractivity contribution in [3.05, 3.63) is 96.3 Å². The van der Waals surface area contributed by atoms with E-state index in [0.717, 1.165) is 0 Å². The minimum Gasteiger partial charge on any atom is -0.371 e. The van der Waals surface area contributed by atoms with Crippen molar-refractivity contribution in [3.63, 3.8) is 0 Å².